The molecule has 4 rings (SSSR count). The Morgan fingerprint density at radius 3 is 2.77 bits per heavy atom. The van der Waals surface area contributed by atoms with Gasteiger partial charge >= 0.3 is 0 Å². The number of aliphatic hydroxyl groups is 1. The SMILES string of the molecule is C[C@]12CCCCC1=CC[C@@H]1[C@H]2CC[C@]2(C)C(=O)C(CO)C[C@@H]12. The van der Waals surface area contributed by atoms with Crippen molar-refractivity contribution in [2.45, 2.75) is 65.2 Å². The molecule has 2 nitrogen and oxygen atoms in total. The highest BCUT2D eigenvalue weighted by Crippen LogP contribution is 2.64. The summed E-state index contributed by atoms with van der Waals surface area (Å²) in [7, 11) is 0. The van der Waals surface area contributed by atoms with Crippen LogP contribution in [0.3, 0.4) is 0 Å². The number of fused-ring (bicyclic) bond motifs is 5. The van der Waals surface area contributed by atoms with E-state index in [9.17, 15) is 9.90 Å². The molecule has 3 fully saturated rings. The first-order valence-corrected chi connectivity index (χ1v) is 9.35. The maximum Gasteiger partial charge on any atom is 0.144 e. The number of aliphatic hydroxyl groups excluding tert-OH is 1. The van der Waals surface area contributed by atoms with Gasteiger partial charge in [0.05, 0.1) is 6.61 Å². The third kappa shape index (κ3) is 1.79. The Morgan fingerprint density at radius 2 is 2.00 bits per heavy atom. The molecule has 22 heavy (non-hydrogen) atoms. The summed E-state index contributed by atoms with van der Waals surface area (Å²) in [6, 6.07) is 0. The fourth-order valence-corrected chi connectivity index (χ4v) is 6.80. The van der Waals surface area contributed by atoms with Crippen molar-refractivity contribution in [3.05, 3.63) is 11.6 Å². The van der Waals surface area contributed by atoms with Gasteiger partial charge in [0.2, 0.25) is 0 Å². The van der Waals surface area contributed by atoms with Crippen LogP contribution in [0.15, 0.2) is 11.6 Å². The number of Topliss-reactive ketones (excluding diaryl/α,β-unsaturated/α-hetero) is 1. The minimum Gasteiger partial charge on any atom is -0.396 e. The molecule has 122 valence electrons. The van der Waals surface area contributed by atoms with E-state index >= 15 is 0 Å². The Kier molecular flexibility index (Phi) is 3.35. The molecule has 2 heteroatoms. The molecule has 1 unspecified atom stereocenters. The van der Waals surface area contributed by atoms with Gasteiger partial charge in [0.25, 0.3) is 0 Å². The molecule has 0 aromatic rings. The van der Waals surface area contributed by atoms with Crippen molar-refractivity contribution in [2.24, 2.45) is 34.5 Å². The summed E-state index contributed by atoms with van der Waals surface area (Å²) >= 11 is 0. The summed E-state index contributed by atoms with van der Waals surface area (Å²) in [6.45, 7) is 4.77. The molecule has 0 aromatic heterocycles. The van der Waals surface area contributed by atoms with Crippen LogP contribution >= 0.6 is 0 Å². The van der Waals surface area contributed by atoms with Gasteiger partial charge in [-0.25, -0.2) is 0 Å². The van der Waals surface area contributed by atoms with Gasteiger partial charge in [0, 0.05) is 11.3 Å². The van der Waals surface area contributed by atoms with Gasteiger partial charge in [-0.3, -0.25) is 4.79 Å². The molecule has 3 saturated carbocycles. The number of hydrogen-bond donors (Lipinski definition) is 1. The molecular formula is C20H30O2. The standard InChI is InChI=1S/C20H30O2/c1-19-9-4-3-5-14(19)6-7-15-16(19)8-10-20(2)17(15)11-13(12-21)18(20)22/h6,13,15-17,21H,3-5,7-12H2,1-2H3/t13?,15-,16-,17+,19+,20+/m1/s1. The first-order chi connectivity index (χ1) is 10.5. The Morgan fingerprint density at radius 1 is 1.18 bits per heavy atom. The number of carbonyl (C=O) groups is 1. The fraction of sp³-hybridized carbons (Fsp3) is 0.850. The highest BCUT2D eigenvalue weighted by molar-refractivity contribution is 5.89. The molecule has 6 atom stereocenters. The van der Waals surface area contributed by atoms with Crippen molar-refractivity contribution < 1.29 is 9.90 Å². The zero-order valence-corrected chi connectivity index (χ0v) is 14.1. The van der Waals surface area contributed by atoms with Gasteiger partial charge in [-0.15, -0.1) is 0 Å². The molecule has 0 amide bonds. The summed E-state index contributed by atoms with van der Waals surface area (Å²) in [4.78, 5) is 12.8. The maximum atomic E-state index is 12.8. The van der Waals surface area contributed by atoms with Gasteiger partial charge in [-0.05, 0) is 68.1 Å². The van der Waals surface area contributed by atoms with Crippen LogP contribution in [0.5, 0.6) is 0 Å². The molecule has 0 aromatic carbocycles. The smallest absolute Gasteiger partial charge is 0.144 e. The van der Waals surface area contributed by atoms with E-state index in [2.05, 4.69) is 19.9 Å². The topological polar surface area (TPSA) is 37.3 Å². The lowest BCUT2D eigenvalue weighted by Crippen LogP contribution is -2.49. The van der Waals surface area contributed by atoms with Crippen molar-refractivity contribution in [3.63, 3.8) is 0 Å². The lowest BCUT2D eigenvalue weighted by atomic mass is 9.48. The molecule has 0 radical (unpaired) electrons. The second kappa shape index (κ2) is 4.93. The van der Waals surface area contributed by atoms with Crippen LogP contribution < -0.4 is 0 Å². The van der Waals surface area contributed by atoms with E-state index < -0.39 is 0 Å². The van der Waals surface area contributed by atoms with E-state index in [0.29, 0.717) is 23.0 Å². The van der Waals surface area contributed by atoms with E-state index in [-0.39, 0.29) is 17.9 Å². The number of hydrogen-bond acceptors (Lipinski definition) is 2. The summed E-state index contributed by atoms with van der Waals surface area (Å²) in [6.07, 6.45) is 12.3. The number of ketones is 1. The zero-order chi connectivity index (χ0) is 15.5. The van der Waals surface area contributed by atoms with Gasteiger partial charge < -0.3 is 5.11 Å². The molecule has 0 bridgehead atoms. The van der Waals surface area contributed by atoms with Crippen LogP contribution in [0.4, 0.5) is 0 Å². The van der Waals surface area contributed by atoms with Crippen molar-refractivity contribution in [1.82, 2.24) is 0 Å². The van der Waals surface area contributed by atoms with Gasteiger partial charge in [0.1, 0.15) is 5.78 Å². The molecule has 4 aliphatic rings. The lowest BCUT2D eigenvalue weighted by Gasteiger charge is -2.56. The van der Waals surface area contributed by atoms with Crippen LogP contribution in [0.1, 0.15) is 65.2 Å². The average Bonchev–Trinajstić information content (AvgIpc) is 2.78. The second-order valence-corrected chi connectivity index (χ2v) is 8.90. The van der Waals surface area contributed by atoms with Crippen molar-refractivity contribution in [3.8, 4) is 0 Å². The van der Waals surface area contributed by atoms with Gasteiger partial charge in [-0.2, -0.15) is 0 Å². The van der Waals surface area contributed by atoms with Crippen LogP contribution in [-0.2, 0) is 4.79 Å². The molecule has 0 heterocycles. The van der Waals surface area contributed by atoms with Crippen molar-refractivity contribution >= 4 is 5.78 Å². The summed E-state index contributed by atoms with van der Waals surface area (Å²) in [5, 5.41) is 9.60. The largest absolute Gasteiger partial charge is 0.396 e. The normalized spacial score (nSPS) is 50.9. The predicted octanol–water partition coefficient (Wildman–Crippen LogP) is 4.13. The highest BCUT2D eigenvalue weighted by atomic mass is 16.3. The van der Waals surface area contributed by atoms with E-state index in [1.54, 1.807) is 5.57 Å². The number of carbonyl (C=O) groups excluding carboxylic acids is 1. The van der Waals surface area contributed by atoms with Crippen LogP contribution in [0.2, 0.25) is 0 Å². The molecule has 0 aliphatic heterocycles. The Bertz CT molecular complexity index is 522. The highest BCUT2D eigenvalue weighted by Gasteiger charge is 2.60. The van der Waals surface area contributed by atoms with Gasteiger partial charge in [-0.1, -0.05) is 31.9 Å². The predicted molar refractivity (Wildman–Crippen MR) is 87.3 cm³/mol. The van der Waals surface area contributed by atoms with Crippen molar-refractivity contribution in [2.75, 3.05) is 6.61 Å². The van der Waals surface area contributed by atoms with Crippen molar-refractivity contribution in [1.29, 1.82) is 0 Å². The quantitative estimate of drug-likeness (QED) is 0.740. The molecule has 0 spiro atoms. The molecular weight excluding hydrogens is 272 g/mol. The molecule has 0 saturated heterocycles. The van der Waals surface area contributed by atoms with E-state index in [0.717, 1.165) is 18.8 Å². The lowest BCUT2D eigenvalue weighted by molar-refractivity contribution is -0.134. The summed E-state index contributed by atoms with van der Waals surface area (Å²) in [5.41, 5.74) is 1.99. The third-order valence-electron chi connectivity index (χ3n) is 8.10. The van der Waals surface area contributed by atoms with Crippen LogP contribution in [0, 0.1) is 34.5 Å². The van der Waals surface area contributed by atoms with E-state index in [1.165, 1.54) is 38.5 Å². The average molecular weight is 302 g/mol. The Balaban J connectivity index is 1.69. The third-order valence-corrected chi connectivity index (χ3v) is 8.10. The number of allylic oxidation sites excluding steroid dienone is 2. The zero-order valence-electron chi connectivity index (χ0n) is 14.1. The van der Waals surface area contributed by atoms with E-state index in [4.69, 9.17) is 0 Å². The molecule has 1 N–H and O–H groups in total. The first kappa shape index (κ1) is 14.9. The summed E-state index contributed by atoms with van der Waals surface area (Å²) < 4.78 is 0. The van der Waals surface area contributed by atoms with E-state index in [1.807, 2.05) is 0 Å². The summed E-state index contributed by atoms with van der Waals surface area (Å²) in [5.74, 6) is 2.23. The molecule has 4 aliphatic carbocycles. The van der Waals surface area contributed by atoms with Gasteiger partial charge in [0.15, 0.2) is 0 Å². The van der Waals surface area contributed by atoms with Crippen LogP contribution in [0.25, 0.3) is 0 Å². The first-order valence-electron chi connectivity index (χ1n) is 9.35. The Labute approximate surface area is 134 Å². The minimum atomic E-state index is -0.148. The van der Waals surface area contributed by atoms with Crippen LogP contribution in [-0.4, -0.2) is 17.5 Å². The Hall–Kier alpha value is -0.630. The monoisotopic (exact) mass is 302 g/mol. The maximum absolute atomic E-state index is 12.8. The second-order valence-electron chi connectivity index (χ2n) is 8.90. The minimum absolute atomic E-state index is 0.0562. The fourth-order valence-electron chi connectivity index (χ4n) is 6.80. The number of rotatable bonds is 1.